The van der Waals surface area contributed by atoms with Gasteiger partial charge < -0.3 is 4.74 Å². The molecular formula is C29H46O2. The predicted molar refractivity (Wildman–Crippen MR) is 129 cm³/mol. The maximum Gasteiger partial charge on any atom is 0.302 e. The summed E-state index contributed by atoms with van der Waals surface area (Å²) in [7, 11) is 0. The summed E-state index contributed by atoms with van der Waals surface area (Å²) in [5.41, 5.74) is 5.91. The summed E-state index contributed by atoms with van der Waals surface area (Å²) < 4.78 is 5.60. The molecule has 4 aliphatic carbocycles. The number of hydrogen-bond donors (Lipinski definition) is 0. The minimum Gasteiger partial charge on any atom is -0.462 e. The van der Waals surface area contributed by atoms with Crippen LogP contribution in [0.5, 0.6) is 0 Å². The Balaban J connectivity index is 1.50. The van der Waals surface area contributed by atoms with Crippen molar-refractivity contribution in [3.63, 3.8) is 0 Å². The van der Waals surface area contributed by atoms with Gasteiger partial charge in [-0.05, 0) is 74.0 Å². The molecule has 2 nitrogen and oxygen atoms in total. The first-order chi connectivity index (χ1) is 14.6. The molecule has 0 bridgehead atoms. The minimum atomic E-state index is -0.127. The molecule has 0 aromatic rings. The summed E-state index contributed by atoms with van der Waals surface area (Å²) in [6.45, 7) is 14.0. The Labute approximate surface area is 191 Å². The number of fused-ring (bicyclic) bond motifs is 4. The Morgan fingerprint density at radius 2 is 1.90 bits per heavy atom. The van der Waals surface area contributed by atoms with Crippen molar-refractivity contribution in [1.29, 1.82) is 0 Å². The van der Waals surface area contributed by atoms with Crippen molar-refractivity contribution >= 4 is 5.97 Å². The van der Waals surface area contributed by atoms with Crippen LogP contribution >= 0.6 is 0 Å². The SMILES string of the molecule is CC(=O)O[C@H]1CC[C@@]2(C)C(=CCC3=C2CC[C@]2(C)[C@@H]([C@H](C)CCCC(C)C)CC[C@@H]32)C1. The van der Waals surface area contributed by atoms with Gasteiger partial charge in [0.05, 0.1) is 0 Å². The average molecular weight is 427 g/mol. The van der Waals surface area contributed by atoms with E-state index in [0.717, 1.165) is 49.4 Å². The van der Waals surface area contributed by atoms with E-state index in [4.69, 9.17) is 4.74 Å². The Kier molecular flexibility index (Phi) is 6.50. The van der Waals surface area contributed by atoms with Crippen LogP contribution in [-0.2, 0) is 9.53 Å². The van der Waals surface area contributed by atoms with E-state index in [9.17, 15) is 4.79 Å². The van der Waals surface area contributed by atoms with E-state index in [1.165, 1.54) is 44.9 Å². The van der Waals surface area contributed by atoms with Gasteiger partial charge in [0.2, 0.25) is 0 Å². The quantitative estimate of drug-likeness (QED) is 0.317. The van der Waals surface area contributed by atoms with Crippen LogP contribution in [0.15, 0.2) is 22.8 Å². The molecular weight excluding hydrogens is 380 g/mol. The van der Waals surface area contributed by atoms with Gasteiger partial charge in [-0.25, -0.2) is 0 Å². The van der Waals surface area contributed by atoms with Crippen LogP contribution < -0.4 is 0 Å². The molecule has 0 spiro atoms. The summed E-state index contributed by atoms with van der Waals surface area (Å²) in [5, 5.41) is 0. The van der Waals surface area contributed by atoms with E-state index >= 15 is 0 Å². The zero-order chi connectivity index (χ0) is 22.4. The van der Waals surface area contributed by atoms with E-state index in [-0.39, 0.29) is 17.5 Å². The zero-order valence-corrected chi connectivity index (χ0v) is 21.1. The van der Waals surface area contributed by atoms with Crippen LogP contribution in [-0.4, -0.2) is 12.1 Å². The molecule has 0 unspecified atom stereocenters. The number of carbonyl (C=O) groups excluding carboxylic acids is 1. The maximum atomic E-state index is 11.5. The van der Waals surface area contributed by atoms with Crippen LogP contribution in [0, 0.1) is 34.5 Å². The molecule has 0 aliphatic heterocycles. The van der Waals surface area contributed by atoms with Crippen molar-refractivity contribution in [2.24, 2.45) is 34.5 Å². The first kappa shape index (κ1) is 23.1. The largest absolute Gasteiger partial charge is 0.462 e. The van der Waals surface area contributed by atoms with E-state index < -0.39 is 0 Å². The van der Waals surface area contributed by atoms with Crippen molar-refractivity contribution in [3.05, 3.63) is 22.8 Å². The second-order valence-electron chi connectivity index (χ2n) is 12.3. The van der Waals surface area contributed by atoms with Crippen LogP contribution in [0.2, 0.25) is 0 Å². The fourth-order valence-corrected chi connectivity index (χ4v) is 8.25. The molecule has 174 valence electrons. The Morgan fingerprint density at radius 3 is 2.61 bits per heavy atom. The molecule has 0 radical (unpaired) electrons. The second kappa shape index (κ2) is 8.71. The Bertz CT molecular complexity index is 759. The molecule has 31 heavy (non-hydrogen) atoms. The van der Waals surface area contributed by atoms with Gasteiger partial charge in [-0.3, -0.25) is 4.79 Å². The fourth-order valence-electron chi connectivity index (χ4n) is 8.25. The average Bonchev–Trinajstić information content (AvgIpc) is 3.05. The van der Waals surface area contributed by atoms with Gasteiger partial charge in [-0.1, -0.05) is 76.7 Å². The molecule has 2 saturated carbocycles. The number of ether oxygens (including phenoxy) is 1. The first-order valence-electron chi connectivity index (χ1n) is 13.2. The Morgan fingerprint density at radius 1 is 1.13 bits per heavy atom. The van der Waals surface area contributed by atoms with Gasteiger partial charge in [-0.2, -0.15) is 0 Å². The summed E-state index contributed by atoms with van der Waals surface area (Å²) in [5.74, 6) is 3.27. The van der Waals surface area contributed by atoms with Gasteiger partial charge in [0.1, 0.15) is 6.10 Å². The van der Waals surface area contributed by atoms with Gasteiger partial charge in [0, 0.05) is 18.8 Å². The number of esters is 1. The number of allylic oxidation sites excluding steroid dienone is 3. The van der Waals surface area contributed by atoms with Crippen LogP contribution in [0.1, 0.15) is 112 Å². The molecule has 4 aliphatic rings. The smallest absolute Gasteiger partial charge is 0.302 e. The van der Waals surface area contributed by atoms with Crippen LogP contribution in [0.4, 0.5) is 0 Å². The number of rotatable bonds is 6. The highest BCUT2D eigenvalue weighted by molar-refractivity contribution is 5.66. The molecule has 0 amide bonds. The normalized spacial score (nSPS) is 38.3. The molecule has 0 heterocycles. The van der Waals surface area contributed by atoms with Crippen LogP contribution in [0.3, 0.4) is 0 Å². The third-order valence-electron chi connectivity index (χ3n) is 9.95. The van der Waals surface area contributed by atoms with Gasteiger partial charge in [0.25, 0.3) is 0 Å². The summed E-state index contributed by atoms with van der Waals surface area (Å²) in [6, 6.07) is 0. The summed E-state index contributed by atoms with van der Waals surface area (Å²) in [6.07, 6.45) is 16.6. The second-order valence-corrected chi connectivity index (χ2v) is 12.3. The van der Waals surface area contributed by atoms with E-state index in [2.05, 4.69) is 40.7 Å². The number of carbonyl (C=O) groups is 1. The zero-order valence-electron chi connectivity index (χ0n) is 21.1. The molecule has 2 fully saturated rings. The van der Waals surface area contributed by atoms with Crippen molar-refractivity contribution in [3.8, 4) is 0 Å². The maximum absolute atomic E-state index is 11.5. The third kappa shape index (κ3) is 4.18. The molecule has 0 N–H and O–H groups in total. The van der Waals surface area contributed by atoms with E-state index in [0.29, 0.717) is 5.41 Å². The standard InChI is InChI=1S/C29H46O2/c1-19(2)8-7-9-20(3)25-12-13-26-24-11-10-22-18-23(31-21(4)30)14-16-28(22,5)27(24)15-17-29(25,26)6/h10,19-20,23,25-26H,7-9,11-18H2,1-6H3/t20-,23+,25-,26+,28+,29-/m1/s1. The summed E-state index contributed by atoms with van der Waals surface area (Å²) >= 11 is 0. The highest BCUT2D eigenvalue weighted by Gasteiger charge is 2.54. The molecule has 4 rings (SSSR count). The molecule has 2 heteroatoms. The van der Waals surface area contributed by atoms with Crippen molar-refractivity contribution in [2.45, 2.75) is 118 Å². The Hall–Kier alpha value is -1.05. The van der Waals surface area contributed by atoms with Gasteiger partial charge >= 0.3 is 5.97 Å². The number of hydrogen-bond acceptors (Lipinski definition) is 2. The third-order valence-corrected chi connectivity index (χ3v) is 9.95. The van der Waals surface area contributed by atoms with Crippen molar-refractivity contribution < 1.29 is 9.53 Å². The topological polar surface area (TPSA) is 26.3 Å². The summed E-state index contributed by atoms with van der Waals surface area (Å²) in [4.78, 5) is 11.5. The van der Waals surface area contributed by atoms with E-state index in [1.54, 1.807) is 18.1 Å². The first-order valence-corrected chi connectivity index (χ1v) is 13.2. The monoisotopic (exact) mass is 426 g/mol. The molecule has 6 atom stereocenters. The van der Waals surface area contributed by atoms with Crippen molar-refractivity contribution in [2.75, 3.05) is 0 Å². The van der Waals surface area contributed by atoms with Crippen LogP contribution in [0.25, 0.3) is 0 Å². The lowest BCUT2D eigenvalue weighted by Gasteiger charge is -2.52. The van der Waals surface area contributed by atoms with E-state index in [1.807, 2.05) is 5.57 Å². The lowest BCUT2D eigenvalue weighted by molar-refractivity contribution is -0.147. The lowest BCUT2D eigenvalue weighted by Crippen LogP contribution is -2.42. The lowest BCUT2D eigenvalue weighted by atomic mass is 9.53. The highest BCUT2D eigenvalue weighted by atomic mass is 16.5. The van der Waals surface area contributed by atoms with Gasteiger partial charge in [-0.15, -0.1) is 0 Å². The van der Waals surface area contributed by atoms with Gasteiger partial charge in [0.15, 0.2) is 0 Å². The predicted octanol–water partition coefficient (Wildman–Crippen LogP) is 8.02. The highest BCUT2D eigenvalue weighted by Crippen LogP contribution is 2.65. The molecule has 0 aromatic heterocycles. The fraction of sp³-hybridized carbons (Fsp3) is 0.828. The molecule has 0 saturated heterocycles. The minimum absolute atomic E-state index is 0.0929. The van der Waals surface area contributed by atoms with Crippen molar-refractivity contribution in [1.82, 2.24) is 0 Å². The molecule has 0 aromatic carbocycles.